The lowest BCUT2D eigenvalue weighted by Crippen LogP contribution is -2.14. The molecule has 0 heterocycles. The number of hydrogen-bond donors (Lipinski definition) is 1. The second-order valence-corrected chi connectivity index (χ2v) is 6.01. The molecule has 1 aromatic carbocycles. The van der Waals surface area contributed by atoms with Crippen molar-refractivity contribution < 1.29 is 28.8 Å². The van der Waals surface area contributed by atoms with Crippen LogP contribution in [0.2, 0.25) is 0 Å². The van der Waals surface area contributed by atoms with Crippen LogP contribution >= 0.6 is 0 Å². The maximum Gasteiger partial charge on any atom is 0.338 e. The maximum atomic E-state index is 12.1. The number of ether oxygens (including phenoxy) is 4. The lowest BCUT2D eigenvalue weighted by atomic mass is 9.95. The van der Waals surface area contributed by atoms with Crippen LogP contribution in [0.3, 0.4) is 0 Å². The van der Waals surface area contributed by atoms with E-state index in [1.807, 2.05) is 12.1 Å². The number of aliphatic hydroxyl groups is 1. The molecule has 140 valence electrons. The van der Waals surface area contributed by atoms with E-state index in [4.69, 9.17) is 24.1 Å². The van der Waals surface area contributed by atoms with E-state index in [-0.39, 0.29) is 19.2 Å². The summed E-state index contributed by atoms with van der Waals surface area (Å²) in [5, 5.41) is 8.54. The number of carbonyl (C=O) groups is 1. The first kappa shape index (κ1) is 18.8. The summed E-state index contributed by atoms with van der Waals surface area (Å²) in [5.74, 6) is 0.117. The summed E-state index contributed by atoms with van der Waals surface area (Å²) in [4.78, 5) is 12.1. The van der Waals surface area contributed by atoms with E-state index in [9.17, 15) is 4.79 Å². The molecule has 0 spiro atoms. The molecule has 6 heteroatoms. The van der Waals surface area contributed by atoms with Gasteiger partial charge in [-0.15, -0.1) is 0 Å². The van der Waals surface area contributed by atoms with E-state index in [1.165, 1.54) is 5.57 Å². The Balaban J connectivity index is 1.27. The smallest absolute Gasteiger partial charge is 0.338 e. The van der Waals surface area contributed by atoms with Crippen molar-refractivity contribution in [3.8, 4) is 0 Å². The quantitative estimate of drug-likeness (QED) is 0.453. The first-order chi connectivity index (χ1) is 12.8. The van der Waals surface area contributed by atoms with Crippen molar-refractivity contribution >= 4 is 17.6 Å². The summed E-state index contributed by atoms with van der Waals surface area (Å²) in [6.07, 6.45) is 6.45. The van der Waals surface area contributed by atoms with Gasteiger partial charge in [-0.05, 0) is 28.8 Å². The Morgan fingerprint density at radius 2 is 1.65 bits per heavy atom. The molecule has 6 nitrogen and oxygen atoms in total. The molecule has 0 amide bonds. The average molecular weight is 360 g/mol. The average Bonchev–Trinajstić information content (AvgIpc) is 3.46. The van der Waals surface area contributed by atoms with Crippen molar-refractivity contribution in [2.45, 2.75) is 0 Å². The zero-order chi connectivity index (χ0) is 18.2. The Labute approximate surface area is 153 Å². The number of allylic oxidation sites excluding steroid dienone is 3. The highest BCUT2D eigenvalue weighted by atomic mass is 16.6. The van der Waals surface area contributed by atoms with Gasteiger partial charge < -0.3 is 24.1 Å². The van der Waals surface area contributed by atoms with E-state index < -0.39 is 0 Å². The fourth-order valence-electron chi connectivity index (χ4n) is 2.74. The van der Waals surface area contributed by atoms with Crippen LogP contribution < -0.4 is 0 Å². The second kappa shape index (κ2) is 9.64. The van der Waals surface area contributed by atoms with Crippen LogP contribution in [0, 0.1) is 5.92 Å². The SMILES string of the molecule is O=C(OCCOCCOCCOCCO)c1ccc2c(c1)C1=C[C@H]1C=C2. The van der Waals surface area contributed by atoms with E-state index in [0.717, 1.165) is 11.1 Å². The molecule has 0 fully saturated rings. The van der Waals surface area contributed by atoms with Crippen LogP contribution in [0.1, 0.15) is 21.5 Å². The minimum absolute atomic E-state index is 0.0166. The number of benzene rings is 1. The van der Waals surface area contributed by atoms with Crippen molar-refractivity contribution in [3.05, 3.63) is 47.0 Å². The van der Waals surface area contributed by atoms with Gasteiger partial charge in [-0.1, -0.05) is 24.3 Å². The Hall–Kier alpha value is -1.99. The fraction of sp³-hybridized carbons (Fsp3) is 0.450. The zero-order valence-corrected chi connectivity index (χ0v) is 14.7. The first-order valence-corrected chi connectivity index (χ1v) is 8.85. The van der Waals surface area contributed by atoms with Gasteiger partial charge in [0.15, 0.2) is 0 Å². The Bertz CT molecular complexity index is 679. The van der Waals surface area contributed by atoms with Crippen LogP contribution in [-0.2, 0) is 18.9 Å². The highest BCUT2D eigenvalue weighted by Gasteiger charge is 2.28. The van der Waals surface area contributed by atoms with Crippen molar-refractivity contribution in [1.29, 1.82) is 0 Å². The van der Waals surface area contributed by atoms with Gasteiger partial charge in [-0.3, -0.25) is 0 Å². The van der Waals surface area contributed by atoms with Crippen LogP contribution in [0.15, 0.2) is 30.4 Å². The molecule has 1 atom stereocenters. The molecule has 2 aliphatic rings. The van der Waals surface area contributed by atoms with Crippen LogP contribution in [0.25, 0.3) is 11.6 Å². The topological polar surface area (TPSA) is 74.2 Å². The van der Waals surface area contributed by atoms with Crippen LogP contribution in [0.5, 0.6) is 0 Å². The van der Waals surface area contributed by atoms with Gasteiger partial charge in [0.25, 0.3) is 0 Å². The van der Waals surface area contributed by atoms with Crippen molar-refractivity contribution in [2.24, 2.45) is 5.92 Å². The third-order valence-electron chi connectivity index (χ3n) is 4.13. The van der Waals surface area contributed by atoms with Crippen LogP contribution in [0.4, 0.5) is 0 Å². The molecule has 1 aromatic rings. The number of aliphatic hydroxyl groups excluding tert-OH is 1. The van der Waals surface area contributed by atoms with Gasteiger partial charge in [0, 0.05) is 5.92 Å². The van der Waals surface area contributed by atoms with E-state index in [2.05, 4.69) is 18.2 Å². The largest absolute Gasteiger partial charge is 0.460 e. The molecular weight excluding hydrogens is 336 g/mol. The predicted octanol–water partition coefficient (Wildman–Crippen LogP) is 1.93. The van der Waals surface area contributed by atoms with Gasteiger partial charge in [0.1, 0.15) is 6.61 Å². The second-order valence-electron chi connectivity index (χ2n) is 6.01. The van der Waals surface area contributed by atoms with Crippen molar-refractivity contribution in [3.63, 3.8) is 0 Å². The van der Waals surface area contributed by atoms with Gasteiger partial charge in [0.05, 0.1) is 51.8 Å². The molecular formula is C20H24O6. The zero-order valence-electron chi connectivity index (χ0n) is 14.7. The van der Waals surface area contributed by atoms with E-state index in [1.54, 1.807) is 6.07 Å². The monoisotopic (exact) mass is 360 g/mol. The molecule has 0 saturated heterocycles. The standard InChI is InChI=1S/C20H24O6/c21-5-6-23-7-8-24-9-10-25-11-12-26-20(22)17-4-2-15-1-3-16-13-19(16)18(15)14-17/h1-4,13-14,16,21H,5-12H2/t16-/m1/s1. The number of fused-ring (bicyclic) bond motifs is 3. The van der Waals surface area contributed by atoms with Gasteiger partial charge >= 0.3 is 5.97 Å². The third kappa shape index (κ3) is 5.25. The molecule has 0 unspecified atom stereocenters. The summed E-state index contributed by atoms with van der Waals surface area (Å²) in [6, 6.07) is 5.65. The summed E-state index contributed by atoms with van der Waals surface area (Å²) in [5.41, 5.74) is 4.13. The molecule has 2 aliphatic carbocycles. The molecule has 3 rings (SSSR count). The van der Waals surface area contributed by atoms with E-state index in [0.29, 0.717) is 51.1 Å². The summed E-state index contributed by atoms with van der Waals surface area (Å²) in [6.45, 7) is 2.67. The van der Waals surface area contributed by atoms with Gasteiger partial charge in [-0.2, -0.15) is 0 Å². The normalized spacial score (nSPS) is 16.7. The minimum atomic E-state index is -0.332. The summed E-state index contributed by atoms with van der Waals surface area (Å²) >= 11 is 0. The van der Waals surface area contributed by atoms with Crippen LogP contribution in [-0.4, -0.2) is 63.9 Å². The maximum absolute atomic E-state index is 12.1. The van der Waals surface area contributed by atoms with E-state index >= 15 is 0 Å². The number of esters is 1. The molecule has 0 radical (unpaired) electrons. The highest BCUT2D eigenvalue weighted by Crippen LogP contribution is 2.45. The van der Waals surface area contributed by atoms with Gasteiger partial charge in [0.2, 0.25) is 0 Å². The molecule has 26 heavy (non-hydrogen) atoms. The fourth-order valence-corrected chi connectivity index (χ4v) is 2.74. The lowest BCUT2D eigenvalue weighted by Gasteiger charge is -2.11. The van der Waals surface area contributed by atoms with Crippen molar-refractivity contribution in [2.75, 3.05) is 52.9 Å². The predicted molar refractivity (Wildman–Crippen MR) is 96.8 cm³/mol. The molecule has 0 aromatic heterocycles. The summed E-state index contributed by atoms with van der Waals surface area (Å²) in [7, 11) is 0. The number of carbonyl (C=O) groups excluding carboxylic acids is 1. The molecule has 0 aliphatic heterocycles. The lowest BCUT2D eigenvalue weighted by molar-refractivity contribution is -0.00313. The highest BCUT2D eigenvalue weighted by molar-refractivity contribution is 5.96. The first-order valence-electron chi connectivity index (χ1n) is 8.85. The summed E-state index contributed by atoms with van der Waals surface area (Å²) < 4.78 is 21.0. The van der Waals surface area contributed by atoms with Gasteiger partial charge in [-0.25, -0.2) is 4.79 Å². The molecule has 1 N–H and O–H groups in total. The third-order valence-corrected chi connectivity index (χ3v) is 4.13. The Kier molecular flexibility index (Phi) is 6.96. The van der Waals surface area contributed by atoms with Crippen molar-refractivity contribution in [1.82, 2.24) is 0 Å². The number of hydrogen-bond acceptors (Lipinski definition) is 6. The Morgan fingerprint density at radius 1 is 0.962 bits per heavy atom. The molecule has 0 saturated carbocycles. The molecule has 0 bridgehead atoms. The number of rotatable bonds is 12. The minimum Gasteiger partial charge on any atom is -0.460 e. The Morgan fingerprint density at radius 3 is 2.38 bits per heavy atom.